The highest BCUT2D eigenvalue weighted by atomic mass is 79.9. The Kier molecular flexibility index (Phi) is 2.89. The first-order chi connectivity index (χ1) is 7.49. The molecule has 0 saturated heterocycles. The van der Waals surface area contributed by atoms with Gasteiger partial charge in [0.05, 0.1) is 11.4 Å². The van der Waals surface area contributed by atoms with Crippen LogP contribution in [-0.4, -0.2) is 9.78 Å². The number of aryl methyl sites for hydroxylation is 4. The van der Waals surface area contributed by atoms with E-state index in [0.717, 1.165) is 15.9 Å². The number of aromatic nitrogens is 2. The van der Waals surface area contributed by atoms with Crippen LogP contribution in [0.15, 0.2) is 22.7 Å². The maximum atomic E-state index is 4.51. The molecule has 2 rings (SSSR count). The van der Waals surface area contributed by atoms with Crippen molar-refractivity contribution in [3.63, 3.8) is 0 Å². The van der Waals surface area contributed by atoms with Crippen LogP contribution >= 0.6 is 15.9 Å². The van der Waals surface area contributed by atoms with E-state index in [1.807, 2.05) is 11.6 Å². The molecule has 16 heavy (non-hydrogen) atoms. The molecule has 1 heterocycles. The molecule has 2 aromatic rings. The van der Waals surface area contributed by atoms with Crippen LogP contribution in [0.25, 0.3) is 5.69 Å². The van der Waals surface area contributed by atoms with Crippen LogP contribution in [0.5, 0.6) is 0 Å². The lowest BCUT2D eigenvalue weighted by molar-refractivity contribution is 0.826. The second-order valence-electron chi connectivity index (χ2n) is 4.23. The Morgan fingerprint density at radius 2 is 1.69 bits per heavy atom. The van der Waals surface area contributed by atoms with Gasteiger partial charge >= 0.3 is 0 Å². The summed E-state index contributed by atoms with van der Waals surface area (Å²) in [6.45, 7) is 8.30. The van der Waals surface area contributed by atoms with Gasteiger partial charge in [-0.05, 0) is 57.0 Å². The van der Waals surface area contributed by atoms with Crippen molar-refractivity contribution < 1.29 is 0 Å². The molecule has 0 aliphatic carbocycles. The number of rotatable bonds is 1. The van der Waals surface area contributed by atoms with Crippen molar-refractivity contribution in [3.8, 4) is 5.69 Å². The molecule has 0 fully saturated rings. The fourth-order valence-corrected chi connectivity index (χ4v) is 2.32. The normalized spacial score (nSPS) is 10.8. The third kappa shape index (κ3) is 1.92. The fraction of sp³-hybridized carbons (Fsp3) is 0.308. The summed E-state index contributed by atoms with van der Waals surface area (Å²) in [5, 5.41) is 4.51. The number of halogens is 1. The van der Waals surface area contributed by atoms with Crippen LogP contribution in [0.1, 0.15) is 22.5 Å². The standard InChI is InChI=1S/C13H15BrN2/c1-8-6-13(9(2)5-12(8)14)16-11(4)7-10(3)15-16/h5-7H,1-4H3. The quantitative estimate of drug-likeness (QED) is 0.774. The molecule has 0 bridgehead atoms. The Labute approximate surface area is 104 Å². The van der Waals surface area contributed by atoms with Crippen LogP contribution in [0.3, 0.4) is 0 Å². The van der Waals surface area contributed by atoms with Crippen molar-refractivity contribution in [1.82, 2.24) is 9.78 Å². The molecule has 84 valence electrons. The summed E-state index contributed by atoms with van der Waals surface area (Å²) in [5.74, 6) is 0. The van der Waals surface area contributed by atoms with Crippen molar-refractivity contribution in [2.45, 2.75) is 27.7 Å². The number of benzene rings is 1. The van der Waals surface area contributed by atoms with E-state index in [2.05, 4.69) is 60.0 Å². The summed E-state index contributed by atoms with van der Waals surface area (Å²) in [5.41, 5.74) is 5.84. The van der Waals surface area contributed by atoms with Crippen molar-refractivity contribution >= 4 is 15.9 Å². The zero-order valence-corrected chi connectivity index (χ0v) is 11.6. The van der Waals surface area contributed by atoms with Crippen molar-refractivity contribution in [2.24, 2.45) is 0 Å². The summed E-state index contributed by atoms with van der Waals surface area (Å²) >= 11 is 3.55. The molecule has 0 amide bonds. The zero-order valence-electron chi connectivity index (χ0n) is 10.0. The van der Waals surface area contributed by atoms with Crippen molar-refractivity contribution in [1.29, 1.82) is 0 Å². The molecule has 0 spiro atoms. The summed E-state index contributed by atoms with van der Waals surface area (Å²) in [7, 11) is 0. The highest BCUT2D eigenvalue weighted by molar-refractivity contribution is 9.10. The van der Waals surface area contributed by atoms with Gasteiger partial charge in [0.2, 0.25) is 0 Å². The molecular formula is C13H15BrN2. The summed E-state index contributed by atoms with van der Waals surface area (Å²) in [4.78, 5) is 0. The van der Waals surface area contributed by atoms with Gasteiger partial charge in [0.15, 0.2) is 0 Å². The van der Waals surface area contributed by atoms with Gasteiger partial charge in [-0.1, -0.05) is 15.9 Å². The lowest BCUT2D eigenvalue weighted by atomic mass is 10.1. The number of nitrogens with zero attached hydrogens (tertiary/aromatic N) is 2. The molecular weight excluding hydrogens is 264 g/mol. The van der Waals surface area contributed by atoms with Crippen LogP contribution in [0.4, 0.5) is 0 Å². The van der Waals surface area contributed by atoms with Gasteiger partial charge in [-0.3, -0.25) is 0 Å². The topological polar surface area (TPSA) is 17.8 Å². The van der Waals surface area contributed by atoms with Crippen molar-refractivity contribution in [2.75, 3.05) is 0 Å². The second-order valence-corrected chi connectivity index (χ2v) is 5.08. The first kappa shape index (κ1) is 11.4. The molecule has 0 unspecified atom stereocenters. The van der Waals surface area contributed by atoms with E-state index in [1.165, 1.54) is 16.8 Å². The zero-order chi connectivity index (χ0) is 11.9. The Hall–Kier alpha value is -1.09. The molecule has 0 radical (unpaired) electrons. The SMILES string of the molecule is Cc1cc(C)n(-c2cc(C)c(Br)cc2C)n1. The molecule has 3 heteroatoms. The molecule has 0 N–H and O–H groups in total. The van der Waals surface area contributed by atoms with E-state index in [9.17, 15) is 0 Å². The van der Waals surface area contributed by atoms with Gasteiger partial charge in [-0.15, -0.1) is 0 Å². The third-order valence-corrected chi connectivity index (χ3v) is 3.57. The smallest absolute Gasteiger partial charge is 0.0681 e. The highest BCUT2D eigenvalue weighted by Gasteiger charge is 2.08. The van der Waals surface area contributed by atoms with Crippen LogP contribution < -0.4 is 0 Å². The van der Waals surface area contributed by atoms with E-state index in [1.54, 1.807) is 0 Å². The minimum absolute atomic E-state index is 1.05. The molecule has 0 saturated carbocycles. The van der Waals surface area contributed by atoms with E-state index in [4.69, 9.17) is 0 Å². The summed E-state index contributed by atoms with van der Waals surface area (Å²) in [6, 6.07) is 6.40. The van der Waals surface area contributed by atoms with E-state index < -0.39 is 0 Å². The van der Waals surface area contributed by atoms with Gasteiger partial charge in [0.25, 0.3) is 0 Å². The van der Waals surface area contributed by atoms with E-state index in [-0.39, 0.29) is 0 Å². The van der Waals surface area contributed by atoms with Gasteiger partial charge in [-0.2, -0.15) is 5.10 Å². The van der Waals surface area contributed by atoms with Gasteiger partial charge in [-0.25, -0.2) is 4.68 Å². The second kappa shape index (κ2) is 4.06. The number of hydrogen-bond donors (Lipinski definition) is 0. The molecule has 0 atom stereocenters. The average molecular weight is 279 g/mol. The highest BCUT2D eigenvalue weighted by Crippen LogP contribution is 2.24. The molecule has 2 nitrogen and oxygen atoms in total. The minimum atomic E-state index is 1.05. The Balaban J connectivity index is 2.64. The van der Waals surface area contributed by atoms with E-state index in [0.29, 0.717) is 0 Å². The monoisotopic (exact) mass is 278 g/mol. The van der Waals surface area contributed by atoms with Gasteiger partial charge in [0, 0.05) is 10.2 Å². The predicted molar refractivity (Wildman–Crippen MR) is 70.2 cm³/mol. The molecule has 0 aliphatic heterocycles. The lowest BCUT2D eigenvalue weighted by Crippen LogP contribution is -2.02. The van der Waals surface area contributed by atoms with Gasteiger partial charge in [0.1, 0.15) is 0 Å². The molecule has 1 aromatic heterocycles. The maximum Gasteiger partial charge on any atom is 0.0681 e. The summed E-state index contributed by atoms with van der Waals surface area (Å²) < 4.78 is 3.15. The Morgan fingerprint density at radius 1 is 1.00 bits per heavy atom. The minimum Gasteiger partial charge on any atom is -0.238 e. The van der Waals surface area contributed by atoms with Crippen LogP contribution in [0, 0.1) is 27.7 Å². The summed E-state index contributed by atoms with van der Waals surface area (Å²) in [6.07, 6.45) is 0. The molecule has 1 aromatic carbocycles. The largest absolute Gasteiger partial charge is 0.238 e. The first-order valence-electron chi connectivity index (χ1n) is 5.29. The first-order valence-corrected chi connectivity index (χ1v) is 6.08. The Bertz CT molecular complexity index is 541. The maximum absolute atomic E-state index is 4.51. The molecule has 0 aliphatic rings. The van der Waals surface area contributed by atoms with E-state index >= 15 is 0 Å². The average Bonchev–Trinajstić information content (AvgIpc) is 2.51. The number of hydrogen-bond acceptors (Lipinski definition) is 1. The van der Waals surface area contributed by atoms with Crippen LogP contribution in [0.2, 0.25) is 0 Å². The third-order valence-electron chi connectivity index (χ3n) is 2.71. The fourth-order valence-electron chi connectivity index (χ4n) is 1.87. The van der Waals surface area contributed by atoms with Crippen molar-refractivity contribution in [3.05, 3.63) is 45.2 Å². The predicted octanol–water partition coefficient (Wildman–Crippen LogP) is 3.87. The van der Waals surface area contributed by atoms with Gasteiger partial charge < -0.3 is 0 Å². The van der Waals surface area contributed by atoms with Crippen LogP contribution in [-0.2, 0) is 0 Å². The lowest BCUT2D eigenvalue weighted by Gasteiger charge is -2.10. The Morgan fingerprint density at radius 3 is 2.25 bits per heavy atom.